The Morgan fingerprint density at radius 1 is 1.16 bits per heavy atom. The van der Waals surface area contributed by atoms with Crippen molar-refractivity contribution in [2.24, 2.45) is 0 Å². The minimum Gasteiger partial charge on any atom is -0.421 e. The van der Waals surface area contributed by atoms with Crippen molar-refractivity contribution in [3.8, 4) is 11.5 Å². The Morgan fingerprint density at radius 2 is 2.00 bits per heavy atom. The first-order valence-corrected chi connectivity index (χ1v) is 6.81. The molecule has 0 aliphatic carbocycles. The van der Waals surface area contributed by atoms with Crippen LogP contribution in [0.25, 0.3) is 11.5 Å². The summed E-state index contributed by atoms with van der Waals surface area (Å²) in [6.07, 6.45) is 1.91. The van der Waals surface area contributed by atoms with Gasteiger partial charge in [0.1, 0.15) is 0 Å². The Hall–Kier alpha value is -1.68. The van der Waals surface area contributed by atoms with Gasteiger partial charge in [0.15, 0.2) is 0 Å². The predicted molar refractivity (Wildman–Crippen MR) is 76.1 cm³/mol. The molecular formula is C15H21N3O. The van der Waals surface area contributed by atoms with E-state index >= 15 is 0 Å². The molecule has 0 fully saturated rings. The second kappa shape index (κ2) is 6.48. The van der Waals surface area contributed by atoms with E-state index in [0.29, 0.717) is 11.8 Å². The molecule has 0 aliphatic heterocycles. The Morgan fingerprint density at radius 3 is 2.74 bits per heavy atom. The number of nitrogens with one attached hydrogen (secondary N) is 1. The summed E-state index contributed by atoms with van der Waals surface area (Å²) in [5.74, 6) is 1.31. The minimum atomic E-state index is 0.614. The number of aromatic nitrogens is 2. The quantitative estimate of drug-likeness (QED) is 0.810. The molecule has 0 saturated heterocycles. The molecule has 0 spiro atoms. The van der Waals surface area contributed by atoms with E-state index in [4.69, 9.17) is 4.42 Å². The lowest BCUT2D eigenvalue weighted by Crippen LogP contribution is -2.17. The van der Waals surface area contributed by atoms with Gasteiger partial charge in [-0.05, 0) is 38.4 Å². The largest absolute Gasteiger partial charge is 0.421 e. The maximum atomic E-state index is 5.71. The zero-order chi connectivity index (χ0) is 13.7. The Bertz CT molecular complexity index is 534. The Kier molecular flexibility index (Phi) is 4.68. The predicted octanol–water partition coefficient (Wildman–Crippen LogP) is 2.90. The number of nitrogens with zero attached hydrogens (tertiary/aromatic N) is 2. The highest BCUT2D eigenvalue weighted by Gasteiger charge is 2.10. The minimum absolute atomic E-state index is 0.614. The van der Waals surface area contributed by atoms with Gasteiger partial charge in [0.2, 0.25) is 11.8 Å². The summed E-state index contributed by atoms with van der Waals surface area (Å²) in [7, 11) is 0. The van der Waals surface area contributed by atoms with E-state index in [9.17, 15) is 0 Å². The molecule has 0 aliphatic rings. The second-order valence-electron chi connectivity index (χ2n) is 4.82. The molecule has 0 bridgehead atoms. The fraction of sp³-hybridized carbons (Fsp3) is 0.467. The second-order valence-corrected chi connectivity index (χ2v) is 4.82. The molecule has 4 heteroatoms. The Labute approximate surface area is 114 Å². The van der Waals surface area contributed by atoms with E-state index < -0.39 is 0 Å². The van der Waals surface area contributed by atoms with Crippen LogP contribution in [0.15, 0.2) is 22.6 Å². The van der Waals surface area contributed by atoms with Crippen molar-refractivity contribution in [3.05, 3.63) is 35.2 Å². The molecule has 0 atom stereocenters. The average Bonchev–Trinajstić information content (AvgIpc) is 2.83. The lowest BCUT2D eigenvalue weighted by Gasteiger charge is -2.02. The zero-order valence-corrected chi connectivity index (χ0v) is 11.9. The molecule has 2 aromatic rings. The van der Waals surface area contributed by atoms with Crippen molar-refractivity contribution in [3.63, 3.8) is 0 Å². The monoisotopic (exact) mass is 259 g/mol. The van der Waals surface area contributed by atoms with Crippen molar-refractivity contribution in [2.45, 2.75) is 33.6 Å². The summed E-state index contributed by atoms with van der Waals surface area (Å²) in [4.78, 5) is 0. The van der Waals surface area contributed by atoms with E-state index in [1.807, 2.05) is 6.07 Å². The third kappa shape index (κ3) is 3.64. The van der Waals surface area contributed by atoms with Crippen LogP contribution < -0.4 is 5.32 Å². The van der Waals surface area contributed by atoms with Gasteiger partial charge in [-0.1, -0.05) is 24.6 Å². The molecule has 1 N–H and O–H groups in total. The van der Waals surface area contributed by atoms with Crippen LogP contribution in [0, 0.1) is 13.8 Å². The van der Waals surface area contributed by atoms with Crippen LogP contribution in [-0.2, 0) is 6.42 Å². The lowest BCUT2D eigenvalue weighted by molar-refractivity contribution is 0.494. The van der Waals surface area contributed by atoms with Gasteiger partial charge in [-0.15, -0.1) is 10.2 Å². The molecule has 102 valence electrons. The number of rotatable bonds is 6. The third-order valence-electron chi connectivity index (χ3n) is 3.02. The molecular weight excluding hydrogens is 238 g/mol. The summed E-state index contributed by atoms with van der Waals surface area (Å²) in [5.41, 5.74) is 3.43. The highest BCUT2D eigenvalue weighted by atomic mass is 16.4. The zero-order valence-electron chi connectivity index (χ0n) is 11.9. The van der Waals surface area contributed by atoms with Gasteiger partial charge >= 0.3 is 0 Å². The lowest BCUT2D eigenvalue weighted by atomic mass is 10.1. The first-order valence-electron chi connectivity index (χ1n) is 6.81. The Balaban J connectivity index is 2.04. The van der Waals surface area contributed by atoms with Crippen LogP contribution in [0.2, 0.25) is 0 Å². The number of benzene rings is 1. The molecule has 0 unspecified atom stereocenters. The molecule has 1 heterocycles. The maximum Gasteiger partial charge on any atom is 0.247 e. The van der Waals surface area contributed by atoms with E-state index in [1.54, 1.807) is 0 Å². The molecule has 0 saturated carbocycles. The van der Waals surface area contributed by atoms with Gasteiger partial charge < -0.3 is 9.73 Å². The van der Waals surface area contributed by atoms with E-state index in [1.165, 1.54) is 11.1 Å². The van der Waals surface area contributed by atoms with Crippen molar-refractivity contribution in [1.82, 2.24) is 15.5 Å². The van der Waals surface area contributed by atoms with Crippen molar-refractivity contribution in [2.75, 3.05) is 13.1 Å². The van der Waals surface area contributed by atoms with Gasteiger partial charge in [0.25, 0.3) is 0 Å². The van der Waals surface area contributed by atoms with E-state index in [-0.39, 0.29) is 0 Å². The normalized spacial score (nSPS) is 10.9. The third-order valence-corrected chi connectivity index (χ3v) is 3.02. The van der Waals surface area contributed by atoms with Crippen LogP contribution in [0.3, 0.4) is 0 Å². The SMILES string of the molecule is CCCNCCc1nnc(-c2ccc(C)cc2C)o1. The smallest absolute Gasteiger partial charge is 0.247 e. The number of aryl methyl sites for hydroxylation is 2. The molecule has 0 radical (unpaired) electrons. The summed E-state index contributed by atoms with van der Waals surface area (Å²) in [5, 5.41) is 11.6. The van der Waals surface area contributed by atoms with E-state index in [2.05, 4.69) is 48.4 Å². The topological polar surface area (TPSA) is 51.0 Å². The highest BCUT2D eigenvalue weighted by Crippen LogP contribution is 2.22. The first-order chi connectivity index (χ1) is 9.20. The van der Waals surface area contributed by atoms with Gasteiger partial charge in [-0.3, -0.25) is 0 Å². The fourth-order valence-electron chi connectivity index (χ4n) is 2.01. The van der Waals surface area contributed by atoms with Crippen LogP contribution >= 0.6 is 0 Å². The number of hydrogen-bond donors (Lipinski definition) is 1. The van der Waals surface area contributed by atoms with Crippen molar-refractivity contribution >= 4 is 0 Å². The summed E-state index contributed by atoms with van der Waals surface area (Å²) >= 11 is 0. The summed E-state index contributed by atoms with van der Waals surface area (Å²) < 4.78 is 5.71. The molecule has 2 rings (SSSR count). The summed E-state index contributed by atoms with van der Waals surface area (Å²) in [6, 6.07) is 6.23. The average molecular weight is 259 g/mol. The molecule has 19 heavy (non-hydrogen) atoms. The van der Waals surface area contributed by atoms with Crippen LogP contribution in [0.1, 0.15) is 30.4 Å². The van der Waals surface area contributed by atoms with Gasteiger partial charge in [0.05, 0.1) is 0 Å². The standard InChI is InChI=1S/C15H21N3O/c1-4-8-16-9-7-14-17-18-15(19-14)13-6-5-11(2)10-12(13)3/h5-6,10,16H,4,7-9H2,1-3H3. The number of hydrogen-bond acceptors (Lipinski definition) is 4. The molecule has 1 aromatic heterocycles. The van der Waals surface area contributed by atoms with Gasteiger partial charge in [-0.25, -0.2) is 0 Å². The van der Waals surface area contributed by atoms with Gasteiger partial charge in [-0.2, -0.15) is 0 Å². The van der Waals surface area contributed by atoms with Crippen LogP contribution in [0.5, 0.6) is 0 Å². The molecule has 1 aromatic carbocycles. The summed E-state index contributed by atoms with van der Waals surface area (Å²) in [6.45, 7) is 8.20. The first kappa shape index (κ1) is 13.7. The van der Waals surface area contributed by atoms with Crippen LogP contribution in [-0.4, -0.2) is 23.3 Å². The highest BCUT2D eigenvalue weighted by molar-refractivity contribution is 5.58. The fourth-order valence-corrected chi connectivity index (χ4v) is 2.01. The molecule has 0 amide bonds. The van der Waals surface area contributed by atoms with Gasteiger partial charge in [0, 0.05) is 18.5 Å². The van der Waals surface area contributed by atoms with E-state index in [0.717, 1.165) is 31.5 Å². The van der Waals surface area contributed by atoms with Crippen molar-refractivity contribution < 1.29 is 4.42 Å². The maximum absolute atomic E-state index is 5.71. The molecule has 4 nitrogen and oxygen atoms in total. The van der Waals surface area contributed by atoms with Crippen LogP contribution in [0.4, 0.5) is 0 Å². The van der Waals surface area contributed by atoms with Crippen molar-refractivity contribution in [1.29, 1.82) is 0 Å².